The van der Waals surface area contributed by atoms with Crippen LogP contribution in [-0.4, -0.2) is 42.3 Å². The molecule has 0 fully saturated rings. The van der Waals surface area contributed by atoms with Crippen molar-refractivity contribution in [1.82, 2.24) is 0 Å². The van der Waals surface area contributed by atoms with Gasteiger partial charge < -0.3 is 26.0 Å². The van der Waals surface area contributed by atoms with E-state index in [-0.39, 0.29) is 19.0 Å². The Morgan fingerprint density at radius 2 is 1.62 bits per heavy atom. The van der Waals surface area contributed by atoms with E-state index in [4.69, 9.17) is 26.0 Å². The van der Waals surface area contributed by atoms with Gasteiger partial charge in [-0.3, -0.25) is 9.59 Å². The summed E-state index contributed by atoms with van der Waals surface area (Å²) >= 11 is 0. The zero-order valence-electron chi connectivity index (χ0n) is 11.8. The van der Waals surface area contributed by atoms with Crippen molar-refractivity contribution >= 4 is 11.9 Å². The second-order valence-electron chi connectivity index (χ2n) is 4.60. The second-order valence-corrected chi connectivity index (χ2v) is 4.60. The zero-order chi connectivity index (χ0) is 15.8. The summed E-state index contributed by atoms with van der Waals surface area (Å²) in [5.74, 6) is -0.995. The maximum absolute atomic E-state index is 11.6. The number of hydrogen-bond donors (Lipinski definition) is 3. The molecule has 0 bridgehead atoms. The normalized spacial score (nSPS) is 13.3. The fourth-order valence-electron chi connectivity index (χ4n) is 1.49. The lowest BCUT2D eigenvalue weighted by molar-refractivity contribution is -0.153. The zero-order valence-corrected chi connectivity index (χ0v) is 11.8. The van der Waals surface area contributed by atoms with Gasteiger partial charge in [-0.25, -0.2) is 0 Å². The second kappa shape index (κ2) is 8.23. The van der Waals surface area contributed by atoms with E-state index in [1.807, 2.05) is 0 Å². The Bertz CT molecular complexity index is 473. The smallest absolute Gasteiger partial charge is 0.323 e. The van der Waals surface area contributed by atoms with Gasteiger partial charge in [-0.1, -0.05) is 12.1 Å². The summed E-state index contributed by atoms with van der Waals surface area (Å²) in [4.78, 5) is 22.7. The minimum absolute atomic E-state index is 0.0575. The topological polar surface area (TPSA) is 125 Å². The van der Waals surface area contributed by atoms with Crippen molar-refractivity contribution in [3.8, 4) is 5.75 Å². The average Bonchev–Trinajstić information content (AvgIpc) is 2.45. The molecule has 0 aliphatic rings. The van der Waals surface area contributed by atoms with Crippen molar-refractivity contribution in [2.75, 3.05) is 13.2 Å². The standard InChI is InChI=1S/C14H20N2O5/c1-9(15)13(18)20-6-7-21-14(19)12(16)8-10-2-4-11(17)5-3-10/h2-5,9,12,17H,6-8,15-16H2,1H3/t9-,12+/m1/s1. The van der Waals surface area contributed by atoms with Crippen molar-refractivity contribution in [3.05, 3.63) is 29.8 Å². The van der Waals surface area contributed by atoms with Gasteiger partial charge in [0.2, 0.25) is 0 Å². The minimum Gasteiger partial charge on any atom is -0.508 e. The fourth-order valence-corrected chi connectivity index (χ4v) is 1.49. The third-order valence-corrected chi connectivity index (χ3v) is 2.64. The molecule has 0 saturated heterocycles. The van der Waals surface area contributed by atoms with Gasteiger partial charge in [0, 0.05) is 0 Å². The lowest BCUT2D eigenvalue weighted by atomic mass is 10.1. The molecule has 0 aliphatic heterocycles. The van der Waals surface area contributed by atoms with Crippen molar-refractivity contribution in [2.45, 2.75) is 25.4 Å². The van der Waals surface area contributed by atoms with E-state index in [1.54, 1.807) is 12.1 Å². The summed E-state index contributed by atoms with van der Waals surface area (Å²) in [5, 5.41) is 9.15. The molecule has 7 heteroatoms. The van der Waals surface area contributed by atoms with Gasteiger partial charge in [-0.2, -0.15) is 0 Å². The predicted octanol–water partition coefficient (Wildman–Crippen LogP) is -0.304. The molecule has 1 aromatic rings. The van der Waals surface area contributed by atoms with Gasteiger partial charge in [-0.05, 0) is 31.0 Å². The third-order valence-electron chi connectivity index (χ3n) is 2.64. The first-order valence-electron chi connectivity index (χ1n) is 6.52. The number of ether oxygens (including phenoxy) is 2. The molecule has 0 amide bonds. The molecule has 0 unspecified atom stereocenters. The van der Waals surface area contributed by atoms with Crippen LogP contribution in [0.3, 0.4) is 0 Å². The van der Waals surface area contributed by atoms with Crippen LogP contribution in [0.25, 0.3) is 0 Å². The molecule has 1 rings (SSSR count). The fraction of sp³-hybridized carbons (Fsp3) is 0.429. The van der Waals surface area contributed by atoms with Crippen molar-refractivity contribution in [2.24, 2.45) is 11.5 Å². The van der Waals surface area contributed by atoms with Gasteiger partial charge >= 0.3 is 11.9 Å². The van der Waals surface area contributed by atoms with Crippen molar-refractivity contribution < 1.29 is 24.2 Å². The van der Waals surface area contributed by atoms with E-state index in [2.05, 4.69) is 0 Å². The maximum atomic E-state index is 11.6. The quantitative estimate of drug-likeness (QED) is 0.466. The Labute approximate surface area is 122 Å². The number of aromatic hydroxyl groups is 1. The van der Waals surface area contributed by atoms with Crippen molar-refractivity contribution in [1.29, 1.82) is 0 Å². The largest absolute Gasteiger partial charge is 0.508 e. The molecule has 0 aliphatic carbocycles. The van der Waals surface area contributed by atoms with E-state index in [9.17, 15) is 9.59 Å². The highest BCUT2D eigenvalue weighted by Gasteiger charge is 2.16. The number of nitrogens with two attached hydrogens (primary N) is 2. The average molecular weight is 296 g/mol. The SMILES string of the molecule is C[C@@H](N)C(=O)OCCOC(=O)[C@@H](N)Cc1ccc(O)cc1. The van der Waals surface area contributed by atoms with Crippen LogP contribution < -0.4 is 11.5 Å². The molecule has 0 saturated carbocycles. The van der Waals surface area contributed by atoms with E-state index >= 15 is 0 Å². The summed E-state index contributed by atoms with van der Waals surface area (Å²) in [6, 6.07) is 4.85. The number of hydrogen-bond acceptors (Lipinski definition) is 7. The number of carbonyl (C=O) groups is 2. The summed E-state index contributed by atoms with van der Waals surface area (Å²) in [7, 11) is 0. The Morgan fingerprint density at radius 1 is 1.10 bits per heavy atom. The third kappa shape index (κ3) is 6.24. The highest BCUT2D eigenvalue weighted by atomic mass is 16.6. The van der Waals surface area contributed by atoms with Gasteiger partial charge in [0.25, 0.3) is 0 Å². The minimum atomic E-state index is -0.821. The van der Waals surface area contributed by atoms with Crippen LogP contribution in [0.1, 0.15) is 12.5 Å². The van der Waals surface area contributed by atoms with E-state index in [1.165, 1.54) is 19.1 Å². The Kier molecular flexibility index (Phi) is 6.64. The van der Waals surface area contributed by atoms with Crippen LogP contribution in [0.4, 0.5) is 0 Å². The number of rotatable bonds is 7. The van der Waals surface area contributed by atoms with E-state index in [0.717, 1.165) is 5.56 Å². The maximum Gasteiger partial charge on any atom is 0.323 e. The molecule has 0 aromatic heterocycles. The molecular weight excluding hydrogens is 276 g/mol. The number of phenolic OH excluding ortho intramolecular Hbond substituents is 1. The first-order valence-corrected chi connectivity index (χ1v) is 6.52. The molecule has 5 N–H and O–H groups in total. The Balaban J connectivity index is 2.28. The molecular formula is C14H20N2O5. The summed E-state index contributed by atoms with van der Waals surface area (Å²) in [6.45, 7) is 1.38. The highest BCUT2D eigenvalue weighted by molar-refractivity contribution is 5.76. The lowest BCUT2D eigenvalue weighted by Gasteiger charge is -2.12. The first kappa shape index (κ1) is 16.9. The van der Waals surface area contributed by atoms with Crippen LogP contribution in [0.15, 0.2) is 24.3 Å². The number of esters is 2. The van der Waals surface area contributed by atoms with Crippen LogP contribution in [-0.2, 0) is 25.5 Å². The van der Waals surface area contributed by atoms with Crippen LogP contribution in [0.2, 0.25) is 0 Å². The van der Waals surface area contributed by atoms with E-state index < -0.39 is 24.0 Å². The van der Waals surface area contributed by atoms with Gasteiger partial charge in [0.05, 0.1) is 0 Å². The number of carbonyl (C=O) groups excluding carboxylic acids is 2. The Morgan fingerprint density at radius 3 is 2.14 bits per heavy atom. The predicted molar refractivity (Wildman–Crippen MR) is 75.4 cm³/mol. The van der Waals surface area contributed by atoms with Gasteiger partial charge in [0.15, 0.2) is 0 Å². The van der Waals surface area contributed by atoms with E-state index in [0.29, 0.717) is 6.42 Å². The summed E-state index contributed by atoms with van der Waals surface area (Å²) in [6.07, 6.45) is 0.290. The molecule has 116 valence electrons. The molecule has 0 heterocycles. The Hall–Kier alpha value is -2.12. The van der Waals surface area contributed by atoms with Crippen molar-refractivity contribution in [3.63, 3.8) is 0 Å². The molecule has 1 aromatic carbocycles. The van der Waals surface area contributed by atoms with Crippen LogP contribution in [0.5, 0.6) is 5.75 Å². The monoisotopic (exact) mass is 296 g/mol. The number of benzene rings is 1. The lowest BCUT2D eigenvalue weighted by Crippen LogP contribution is -2.35. The number of phenols is 1. The first-order chi connectivity index (χ1) is 9.90. The molecule has 0 radical (unpaired) electrons. The molecule has 21 heavy (non-hydrogen) atoms. The van der Waals surface area contributed by atoms with Crippen LogP contribution in [0, 0.1) is 0 Å². The highest BCUT2D eigenvalue weighted by Crippen LogP contribution is 2.11. The molecule has 7 nitrogen and oxygen atoms in total. The van der Waals surface area contributed by atoms with Crippen LogP contribution >= 0.6 is 0 Å². The summed E-state index contributed by atoms with van der Waals surface area (Å²) in [5.41, 5.74) is 11.8. The molecule has 0 spiro atoms. The summed E-state index contributed by atoms with van der Waals surface area (Å²) < 4.78 is 9.65. The van der Waals surface area contributed by atoms with Gasteiger partial charge in [-0.15, -0.1) is 0 Å². The van der Waals surface area contributed by atoms with Gasteiger partial charge in [0.1, 0.15) is 31.0 Å². The molecule has 2 atom stereocenters.